The smallest absolute Gasteiger partial charge is 0.119 e. The van der Waals surface area contributed by atoms with Gasteiger partial charge in [-0.15, -0.1) is 0 Å². The van der Waals surface area contributed by atoms with Gasteiger partial charge in [-0.3, -0.25) is 9.80 Å². The summed E-state index contributed by atoms with van der Waals surface area (Å²) in [4.78, 5) is 4.67. The predicted molar refractivity (Wildman–Crippen MR) is 123 cm³/mol. The second-order valence-corrected chi connectivity index (χ2v) is 9.84. The molecule has 4 nitrogen and oxygen atoms in total. The summed E-state index contributed by atoms with van der Waals surface area (Å²) < 4.78 is 20.5. The number of hydrogen-bond acceptors (Lipinski definition) is 4. The fourth-order valence-corrected chi connectivity index (χ4v) is 4.98. The summed E-state index contributed by atoms with van der Waals surface area (Å²) in [6.07, 6.45) is 2.09. The Kier molecular flexibility index (Phi) is 6.54. The van der Waals surface area contributed by atoms with Crippen molar-refractivity contribution in [2.24, 2.45) is 5.92 Å². The second-order valence-electron chi connectivity index (χ2n) is 9.84. The van der Waals surface area contributed by atoms with E-state index in [1.54, 1.807) is 19.9 Å². The Labute approximate surface area is 185 Å². The number of hydrogen-bond donors (Lipinski definition) is 1. The first-order valence-electron chi connectivity index (χ1n) is 11.5. The van der Waals surface area contributed by atoms with E-state index in [9.17, 15) is 9.50 Å². The molecule has 0 saturated carbocycles. The normalized spacial score (nSPS) is 22.5. The van der Waals surface area contributed by atoms with Crippen LogP contribution in [0, 0.1) is 5.92 Å². The van der Waals surface area contributed by atoms with Crippen LogP contribution in [0.4, 0.5) is 4.39 Å². The molecule has 31 heavy (non-hydrogen) atoms. The zero-order valence-electron chi connectivity index (χ0n) is 19.0. The van der Waals surface area contributed by atoms with Crippen molar-refractivity contribution in [2.75, 3.05) is 39.3 Å². The number of rotatable bonds is 7. The minimum Gasteiger partial charge on any atom is -0.508 e. The summed E-state index contributed by atoms with van der Waals surface area (Å²) in [6.45, 7) is 10.7. The van der Waals surface area contributed by atoms with Crippen molar-refractivity contribution < 1.29 is 14.2 Å². The van der Waals surface area contributed by atoms with Crippen molar-refractivity contribution in [1.82, 2.24) is 9.80 Å². The molecule has 2 aromatic carbocycles. The zero-order valence-corrected chi connectivity index (χ0v) is 19.0. The average molecular weight is 427 g/mol. The van der Waals surface area contributed by atoms with Gasteiger partial charge in [0.2, 0.25) is 0 Å². The number of ether oxygens (including phenoxy) is 1. The Hall–Kier alpha value is -2.11. The lowest BCUT2D eigenvalue weighted by Crippen LogP contribution is -2.42. The van der Waals surface area contributed by atoms with Gasteiger partial charge in [0.1, 0.15) is 23.8 Å². The molecule has 0 bridgehead atoms. The molecule has 4 rings (SSSR count). The summed E-state index contributed by atoms with van der Waals surface area (Å²) in [6, 6.07) is 13.8. The van der Waals surface area contributed by atoms with Gasteiger partial charge in [0.25, 0.3) is 0 Å². The minimum atomic E-state index is -1.28. The van der Waals surface area contributed by atoms with Gasteiger partial charge in [0, 0.05) is 26.2 Å². The molecule has 1 unspecified atom stereocenters. The topological polar surface area (TPSA) is 35.9 Å². The van der Waals surface area contributed by atoms with Gasteiger partial charge in [0.15, 0.2) is 0 Å². The highest BCUT2D eigenvalue weighted by molar-refractivity contribution is 5.44. The molecular weight excluding hydrogens is 391 g/mol. The van der Waals surface area contributed by atoms with Gasteiger partial charge in [-0.2, -0.15) is 0 Å². The van der Waals surface area contributed by atoms with E-state index in [2.05, 4.69) is 28.9 Å². The molecule has 0 amide bonds. The first-order valence-corrected chi connectivity index (χ1v) is 11.5. The number of nitrogens with zero attached hydrogens (tertiary/aromatic N) is 2. The van der Waals surface area contributed by atoms with Gasteiger partial charge < -0.3 is 9.84 Å². The quantitative estimate of drug-likeness (QED) is 0.689. The van der Waals surface area contributed by atoms with Crippen molar-refractivity contribution in [2.45, 2.75) is 45.3 Å². The van der Waals surface area contributed by atoms with Crippen LogP contribution in [0.1, 0.15) is 49.9 Å². The van der Waals surface area contributed by atoms with E-state index in [0.29, 0.717) is 13.2 Å². The maximum Gasteiger partial charge on any atom is 0.119 e. The summed E-state index contributed by atoms with van der Waals surface area (Å²) >= 11 is 0. The molecule has 2 aromatic rings. The average Bonchev–Trinajstić information content (AvgIpc) is 3.12. The molecule has 168 valence electrons. The number of benzene rings is 2. The third kappa shape index (κ3) is 5.58. The number of halogens is 1. The van der Waals surface area contributed by atoms with E-state index in [0.717, 1.165) is 47.9 Å². The first-order chi connectivity index (χ1) is 14.8. The largest absolute Gasteiger partial charge is 0.508 e. The number of phenols is 1. The molecule has 2 atom stereocenters. The zero-order chi connectivity index (χ0) is 22.0. The van der Waals surface area contributed by atoms with E-state index in [1.807, 2.05) is 24.3 Å². The molecule has 2 heterocycles. The predicted octanol–water partition coefficient (Wildman–Crippen LogP) is 4.81. The molecule has 1 fully saturated rings. The van der Waals surface area contributed by atoms with Crippen molar-refractivity contribution in [3.05, 3.63) is 59.2 Å². The highest BCUT2D eigenvalue weighted by Crippen LogP contribution is 2.38. The minimum absolute atomic E-state index is 0.0282. The molecule has 0 aliphatic carbocycles. The number of alkyl halides is 1. The van der Waals surface area contributed by atoms with Gasteiger partial charge in [-0.1, -0.05) is 25.1 Å². The van der Waals surface area contributed by atoms with E-state index in [4.69, 9.17) is 4.74 Å². The molecular formula is C26H35FN2O2. The molecule has 2 aliphatic rings. The first kappa shape index (κ1) is 22.1. The van der Waals surface area contributed by atoms with Crippen molar-refractivity contribution >= 4 is 0 Å². The third-order valence-electron chi connectivity index (χ3n) is 6.41. The maximum absolute atomic E-state index is 14.6. The number of phenolic OH excluding ortho intramolecular Hbond substituents is 1. The molecule has 0 radical (unpaired) electrons. The van der Waals surface area contributed by atoms with Crippen LogP contribution in [0.15, 0.2) is 42.5 Å². The second kappa shape index (κ2) is 9.17. The van der Waals surface area contributed by atoms with Crippen LogP contribution in [0.25, 0.3) is 0 Å². The van der Waals surface area contributed by atoms with Gasteiger partial charge in [-0.05, 0) is 80.1 Å². The van der Waals surface area contributed by atoms with Gasteiger partial charge in [-0.25, -0.2) is 4.39 Å². The van der Waals surface area contributed by atoms with Crippen molar-refractivity contribution in [3.8, 4) is 11.5 Å². The molecule has 0 spiro atoms. The summed E-state index contributed by atoms with van der Waals surface area (Å²) in [5.74, 6) is 1.94. The summed E-state index contributed by atoms with van der Waals surface area (Å²) in [7, 11) is 0. The Morgan fingerprint density at radius 2 is 1.90 bits per heavy atom. The van der Waals surface area contributed by atoms with Crippen LogP contribution in [-0.2, 0) is 6.42 Å². The van der Waals surface area contributed by atoms with Crippen LogP contribution in [-0.4, -0.2) is 59.9 Å². The van der Waals surface area contributed by atoms with E-state index >= 15 is 0 Å². The number of fused-ring (bicyclic) bond motifs is 1. The van der Waals surface area contributed by atoms with Crippen LogP contribution < -0.4 is 4.74 Å². The fraction of sp³-hybridized carbons (Fsp3) is 0.538. The number of likely N-dealkylation sites (tertiary alicyclic amines) is 1. The molecule has 1 saturated heterocycles. The van der Waals surface area contributed by atoms with E-state index in [1.165, 1.54) is 19.5 Å². The Morgan fingerprint density at radius 1 is 1.13 bits per heavy atom. The lowest BCUT2D eigenvalue weighted by Gasteiger charge is -2.40. The Bertz CT molecular complexity index is 878. The van der Waals surface area contributed by atoms with Crippen LogP contribution in [0.2, 0.25) is 0 Å². The highest BCUT2D eigenvalue weighted by Gasteiger charge is 2.32. The van der Waals surface area contributed by atoms with E-state index in [-0.39, 0.29) is 11.8 Å². The lowest BCUT2D eigenvalue weighted by molar-refractivity contribution is 0.0997. The standard InChI is InChI=1S/C26H35FN2O2/c1-19-10-12-28(17-19)14-15-31-23-7-4-20(5-8-23)25-24-9-6-22(30)16-21(24)11-13-29(25)18-26(2,3)27/h4-9,16,19,25,30H,10-15,17-18H2,1-3H3/t19-,25?/m1/s1. The Balaban J connectivity index is 1.48. The molecule has 1 N–H and O–H groups in total. The number of aromatic hydroxyl groups is 1. The SMILES string of the molecule is C[C@@H]1CCN(CCOc2ccc(C3c4ccc(O)cc4CCN3CC(C)(C)F)cc2)C1. The molecule has 2 aliphatic heterocycles. The van der Waals surface area contributed by atoms with Crippen molar-refractivity contribution in [3.63, 3.8) is 0 Å². The van der Waals surface area contributed by atoms with Crippen LogP contribution in [0.3, 0.4) is 0 Å². The molecule has 0 aromatic heterocycles. The van der Waals surface area contributed by atoms with Gasteiger partial charge in [0.05, 0.1) is 6.04 Å². The van der Waals surface area contributed by atoms with E-state index < -0.39 is 5.67 Å². The van der Waals surface area contributed by atoms with Gasteiger partial charge >= 0.3 is 0 Å². The molecule has 5 heteroatoms. The summed E-state index contributed by atoms with van der Waals surface area (Å²) in [5.41, 5.74) is 2.13. The Morgan fingerprint density at radius 3 is 2.58 bits per heavy atom. The summed E-state index contributed by atoms with van der Waals surface area (Å²) in [5, 5.41) is 9.92. The fourth-order valence-electron chi connectivity index (χ4n) is 4.98. The van der Waals surface area contributed by atoms with Crippen LogP contribution in [0.5, 0.6) is 11.5 Å². The maximum atomic E-state index is 14.6. The highest BCUT2D eigenvalue weighted by atomic mass is 19.1. The van der Waals surface area contributed by atoms with Crippen LogP contribution >= 0.6 is 0 Å². The third-order valence-corrected chi connectivity index (χ3v) is 6.41. The lowest BCUT2D eigenvalue weighted by atomic mass is 9.87. The monoisotopic (exact) mass is 426 g/mol. The van der Waals surface area contributed by atoms with Crippen molar-refractivity contribution in [1.29, 1.82) is 0 Å².